The molecule has 1 saturated carbocycles. The fourth-order valence-corrected chi connectivity index (χ4v) is 2.49. The van der Waals surface area contributed by atoms with E-state index in [1.165, 1.54) is 12.1 Å². The zero-order valence-electron chi connectivity index (χ0n) is 10.9. The second-order valence-corrected chi connectivity index (χ2v) is 5.30. The van der Waals surface area contributed by atoms with E-state index in [1.54, 1.807) is 0 Å². The van der Waals surface area contributed by atoms with Crippen molar-refractivity contribution in [2.45, 2.75) is 37.8 Å². The minimum atomic E-state index is -0.498. The van der Waals surface area contributed by atoms with E-state index in [0.29, 0.717) is 6.42 Å². The van der Waals surface area contributed by atoms with E-state index in [-0.39, 0.29) is 29.3 Å². The summed E-state index contributed by atoms with van der Waals surface area (Å²) in [6, 6.07) is 3.49. The molecule has 0 radical (unpaired) electrons. The van der Waals surface area contributed by atoms with Crippen LogP contribution < -0.4 is 10.1 Å². The Bertz CT molecular complexity index is 483. The van der Waals surface area contributed by atoms with Gasteiger partial charge in [0.25, 0.3) is 5.91 Å². The Balaban J connectivity index is 1.82. The van der Waals surface area contributed by atoms with Crippen LogP contribution in [0.4, 0.5) is 4.39 Å². The molecule has 0 aromatic heterocycles. The van der Waals surface area contributed by atoms with Crippen molar-refractivity contribution in [3.05, 3.63) is 29.0 Å². The molecule has 1 aromatic carbocycles. The highest BCUT2D eigenvalue weighted by atomic mass is 35.5. The number of hydrogen-bond donors (Lipinski definition) is 2. The molecular formula is C14H17ClFNO3. The molecule has 0 heterocycles. The third-order valence-corrected chi connectivity index (χ3v) is 3.62. The second-order valence-electron chi connectivity index (χ2n) is 4.89. The first-order valence-electron chi connectivity index (χ1n) is 6.61. The van der Waals surface area contributed by atoms with E-state index in [0.717, 1.165) is 25.3 Å². The SMILES string of the molecule is O=C(COc1ccc(F)cc1Cl)NC1CCCCC1O. The molecule has 6 heteroatoms. The molecule has 0 saturated heterocycles. The van der Waals surface area contributed by atoms with Crippen molar-refractivity contribution in [1.82, 2.24) is 5.32 Å². The zero-order chi connectivity index (χ0) is 14.5. The monoisotopic (exact) mass is 301 g/mol. The van der Waals surface area contributed by atoms with E-state index in [1.807, 2.05) is 0 Å². The summed E-state index contributed by atoms with van der Waals surface area (Å²) in [7, 11) is 0. The molecule has 2 atom stereocenters. The molecule has 1 aliphatic carbocycles. The van der Waals surface area contributed by atoms with Gasteiger partial charge in [-0.15, -0.1) is 0 Å². The van der Waals surface area contributed by atoms with Crippen LogP contribution in [-0.4, -0.2) is 29.8 Å². The maximum absolute atomic E-state index is 12.9. The standard InChI is InChI=1S/C14H17ClFNO3/c15-10-7-9(16)5-6-13(10)20-8-14(19)17-11-3-1-2-4-12(11)18/h5-7,11-12,18H,1-4,8H2,(H,17,19). The number of aliphatic hydroxyl groups is 1. The van der Waals surface area contributed by atoms with Gasteiger partial charge < -0.3 is 15.2 Å². The predicted molar refractivity (Wildman–Crippen MR) is 73.3 cm³/mol. The van der Waals surface area contributed by atoms with Gasteiger partial charge in [-0.3, -0.25) is 4.79 Å². The molecule has 2 unspecified atom stereocenters. The molecule has 0 spiro atoms. The predicted octanol–water partition coefficient (Wildman–Crippen LogP) is 2.28. The summed E-state index contributed by atoms with van der Waals surface area (Å²) < 4.78 is 18.1. The highest BCUT2D eigenvalue weighted by Crippen LogP contribution is 2.24. The lowest BCUT2D eigenvalue weighted by Crippen LogP contribution is -2.46. The summed E-state index contributed by atoms with van der Waals surface area (Å²) in [5, 5.41) is 12.6. The van der Waals surface area contributed by atoms with Crippen molar-refractivity contribution in [3.63, 3.8) is 0 Å². The number of hydrogen-bond acceptors (Lipinski definition) is 3. The largest absolute Gasteiger partial charge is 0.482 e. The minimum Gasteiger partial charge on any atom is -0.482 e. The third kappa shape index (κ3) is 4.08. The van der Waals surface area contributed by atoms with Crippen LogP contribution in [0.3, 0.4) is 0 Å². The van der Waals surface area contributed by atoms with Crippen LogP contribution >= 0.6 is 11.6 Å². The molecule has 1 aromatic rings. The molecule has 2 N–H and O–H groups in total. The van der Waals surface area contributed by atoms with Crippen LogP contribution in [0.5, 0.6) is 5.75 Å². The summed E-state index contributed by atoms with van der Waals surface area (Å²) in [6.07, 6.45) is 2.95. The summed E-state index contributed by atoms with van der Waals surface area (Å²) in [4.78, 5) is 11.7. The molecule has 110 valence electrons. The number of nitrogens with one attached hydrogen (secondary N) is 1. The normalized spacial score (nSPS) is 22.4. The van der Waals surface area contributed by atoms with Gasteiger partial charge in [0.1, 0.15) is 11.6 Å². The van der Waals surface area contributed by atoms with Crippen molar-refractivity contribution >= 4 is 17.5 Å². The Morgan fingerprint density at radius 2 is 2.20 bits per heavy atom. The average molecular weight is 302 g/mol. The van der Waals surface area contributed by atoms with Crippen molar-refractivity contribution in [3.8, 4) is 5.75 Å². The number of amides is 1. The van der Waals surface area contributed by atoms with E-state index in [4.69, 9.17) is 16.3 Å². The zero-order valence-corrected chi connectivity index (χ0v) is 11.7. The van der Waals surface area contributed by atoms with Crippen LogP contribution in [0.25, 0.3) is 0 Å². The highest BCUT2D eigenvalue weighted by Gasteiger charge is 2.24. The smallest absolute Gasteiger partial charge is 0.258 e. The van der Waals surface area contributed by atoms with E-state index < -0.39 is 11.9 Å². The van der Waals surface area contributed by atoms with E-state index in [2.05, 4.69) is 5.32 Å². The number of aliphatic hydroxyl groups excluding tert-OH is 1. The van der Waals surface area contributed by atoms with Gasteiger partial charge in [0.15, 0.2) is 6.61 Å². The first-order valence-corrected chi connectivity index (χ1v) is 6.99. The Morgan fingerprint density at radius 3 is 2.90 bits per heavy atom. The first-order chi connectivity index (χ1) is 9.56. The second kappa shape index (κ2) is 6.90. The molecule has 0 aliphatic heterocycles. The van der Waals surface area contributed by atoms with Gasteiger partial charge in [-0.1, -0.05) is 24.4 Å². The Hall–Kier alpha value is -1.33. The first kappa shape index (κ1) is 15.1. The lowest BCUT2D eigenvalue weighted by Gasteiger charge is -2.28. The molecule has 1 amide bonds. The van der Waals surface area contributed by atoms with Crippen LogP contribution in [0, 0.1) is 5.82 Å². The quantitative estimate of drug-likeness (QED) is 0.897. The molecule has 1 aliphatic rings. The Morgan fingerprint density at radius 1 is 1.45 bits per heavy atom. The number of halogens is 2. The van der Waals surface area contributed by atoms with Crippen LogP contribution in [0.2, 0.25) is 5.02 Å². The fraction of sp³-hybridized carbons (Fsp3) is 0.500. The van der Waals surface area contributed by atoms with Gasteiger partial charge >= 0.3 is 0 Å². The molecule has 2 rings (SSSR count). The Labute approximate surface area is 121 Å². The van der Waals surface area contributed by atoms with Gasteiger partial charge in [0.2, 0.25) is 0 Å². The molecule has 1 fully saturated rings. The minimum absolute atomic E-state index is 0.121. The molecule has 4 nitrogen and oxygen atoms in total. The molecular weight excluding hydrogens is 285 g/mol. The topological polar surface area (TPSA) is 58.6 Å². The summed E-state index contributed by atoms with van der Waals surface area (Å²) in [6.45, 7) is -0.214. The lowest BCUT2D eigenvalue weighted by atomic mass is 9.92. The van der Waals surface area contributed by atoms with Crippen LogP contribution in [-0.2, 0) is 4.79 Å². The van der Waals surface area contributed by atoms with Gasteiger partial charge in [-0.25, -0.2) is 4.39 Å². The van der Waals surface area contributed by atoms with E-state index >= 15 is 0 Å². The van der Waals surface area contributed by atoms with Crippen molar-refractivity contribution in [2.75, 3.05) is 6.61 Å². The summed E-state index contributed by atoms with van der Waals surface area (Å²) >= 11 is 5.79. The summed E-state index contributed by atoms with van der Waals surface area (Å²) in [5.74, 6) is -0.527. The molecule has 0 bridgehead atoms. The van der Waals surface area contributed by atoms with Crippen molar-refractivity contribution in [2.24, 2.45) is 0 Å². The average Bonchev–Trinajstić information content (AvgIpc) is 2.40. The maximum Gasteiger partial charge on any atom is 0.258 e. The Kier molecular flexibility index (Phi) is 5.20. The maximum atomic E-state index is 12.9. The lowest BCUT2D eigenvalue weighted by molar-refractivity contribution is -0.125. The van der Waals surface area contributed by atoms with Gasteiger partial charge in [-0.2, -0.15) is 0 Å². The number of benzene rings is 1. The van der Waals surface area contributed by atoms with Crippen LogP contribution in [0.15, 0.2) is 18.2 Å². The summed E-state index contributed by atoms with van der Waals surface area (Å²) in [5.41, 5.74) is 0. The fourth-order valence-electron chi connectivity index (χ4n) is 2.26. The van der Waals surface area contributed by atoms with Crippen LogP contribution in [0.1, 0.15) is 25.7 Å². The van der Waals surface area contributed by atoms with Crippen molar-refractivity contribution < 1.29 is 19.0 Å². The van der Waals surface area contributed by atoms with Crippen molar-refractivity contribution in [1.29, 1.82) is 0 Å². The highest BCUT2D eigenvalue weighted by molar-refractivity contribution is 6.32. The number of carbonyl (C=O) groups is 1. The third-order valence-electron chi connectivity index (χ3n) is 3.33. The number of carbonyl (C=O) groups excluding carboxylic acids is 1. The van der Waals surface area contributed by atoms with Gasteiger partial charge in [0, 0.05) is 0 Å². The molecule has 20 heavy (non-hydrogen) atoms. The van der Waals surface area contributed by atoms with E-state index in [9.17, 15) is 14.3 Å². The van der Waals surface area contributed by atoms with Gasteiger partial charge in [-0.05, 0) is 31.0 Å². The number of ether oxygens (including phenoxy) is 1. The number of rotatable bonds is 4. The van der Waals surface area contributed by atoms with Gasteiger partial charge in [0.05, 0.1) is 17.2 Å².